The second-order valence-corrected chi connectivity index (χ2v) is 10.8. The van der Waals surface area contributed by atoms with E-state index in [1.807, 2.05) is 44.5 Å². The van der Waals surface area contributed by atoms with Crippen LogP contribution in [0.5, 0.6) is 0 Å². The highest BCUT2D eigenvalue weighted by Gasteiger charge is 2.23. The fourth-order valence-electron chi connectivity index (χ4n) is 3.82. The van der Waals surface area contributed by atoms with Gasteiger partial charge in [-0.2, -0.15) is 4.31 Å². The van der Waals surface area contributed by atoms with Gasteiger partial charge in [-0.25, -0.2) is 18.4 Å². The van der Waals surface area contributed by atoms with Crippen LogP contribution in [-0.4, -0.2) is 46.3 Å². The summed E-state index contributed by atoms with van der Waals surface area (Å²) in [6, 6.07) is 11.0. The second kappa shape index (κ2) is 9.20. The quantitative estimate of drug-likeness (QED) is 0.405. The number of anilines is 1. The number of sulfonamides is 1. The van der Waals surface area contributed by atoms with E-state index in [0.717, 1.165) is 27.1 Å². The third kappa shape index (κ3) is 4.64. The lowest BCUT2D eigenvalue weighted by Crippen LogP contribution is -2.30. The van der Waals surface area contributed by atoms with Crippen molar-refractivity contribution in [3.05, 3.63) is 47.8 Å². The minimum Gasteiger partial charge on any atom is -0.331 e. The molecule has 1 N–H and O–H groups in total. The van der Waals surface area contributed by atoms with Crippen molar-refractivity contribution in [3.63, 3.8) is 0 Å². The molecule has 33 heavy (non-hydrogen) atoms. The average Bonchev–Trinajstić information content (AvgIpc) is 3.32. The molecule has 0 fully saturated rings. The molecule has 8 nitrogen and oxygen atoms in total. The Labute approximate surface area is 197 Å². The van der Waals surface area contributed by atoms with Crippen LogP contribution in [0.2, 0.25) is 0 Å². The van der Waals surface area contributed by atoms with Gasteiger partial charge < -0.3 is 9.88 Å². The number of thiazole rings is 1. The third-order valence-electron chi connectivity index (χ3n) is 5.65. The van der Waals surface area contributed by atoms with E-state index >= 15 is 0 Å². The number of nitrogens with zero attached hydrogens (tertiary/aromatic N) is 4. The fourth-order valence-corrected chi connectivity index (χ4v) is 6.28. The second-order valence-electron chi connectivity index (χ2n) is 7.87. The van der Waals surface area contributed by atoms with Gasteiger partial charge in [-0.05, 0) is 42.8 Å². The van der Waals surface area contributed by atoms with E-state index in [0.29, 0.717) is 30.2 Å². The molecule has 0 aliphatic heterocycles. The Morgan fingerprint density at radius 1 is 1.09 bits per heavy atom. The van der Waals surface area contributed by atoms with Gasteiger partial charge in [0, 0.05) is 33.0 Å². The molecule has 0 saturated heterocycles. The van der Waals surface area contributed by atoms with Crippen molar-refractivity contribution in [1.29, 1.82) is 0 Å². The molecule has 0 aliphatic carbocycles. The van der Waals surface area contributed by atoms with Crippen LogP contribution in [-0.2, 0) is 28.3 Å². The summed E-state index contributed by atoms with van der Waals surface area (Å²) < 4.78 is 30.0. The molecule has 2 aromatic carbocycles. The van der Waals surface area contributed by atoms with Crippen molar-refractivity contribution in [1.82, 2.24) is 18.8 Å². The molecular weight excluding hydrogens is 458 g/mol. The summed E-state index contributed by atoms with van der Waals surface area (Å²) in [5.41, 5.74) is 3.44. The number of imidazole rings is 1. The smallest absolute Gasteiger partial charge is 0.243 e. The largest absolute Gasteiger partial charge is 0.331 e. The number of hydrogen-bond donors (Lipinski definition) is 1. The molecule has 2 aromatic heterocycles. The SMILES string of the molecule is CCN(CC)S(=O)(=O)c1ccc2c(c1)nc(CCC(=O)Nc1nc3ccc(C)cc3s1)n2C. The number of hydrogen-bond acceptors (Lipinski definition) is 6. The zero-order valence-corrected chi connectivity index (χ0v) is 20.8. The maximum Gasteiger partial charge on any atom is 0.243 e. The van der Waals surface area contributed by atoms with Crippen molar-refractivity contribution in [2.75, 3.05) is 18.4 Å². The van der Waals surface area contributed by atoms with Crippen molar-refractivity contribution in [3.8, 4) is 0 Å². The average molecular weight is 486 g/mol. The normalized spacial score (nSPS) is 12.2. The molecule has 0 radical (unpaired) electrons. The van der Waals surface area contributed by atoms with Crippen LogP contribution < -0.4 is 5.32 Å². The molecular formula is C23H27N5O3S2. The van der Waals surface area contributed by atoms with Crippen LogP contribution in [0.3, 0.4) is 0 Å². The molecule has 0 aliphatic rings. The number of fused-ring (bicyclic) bond motifs is 2. The minimum atomic E-state index is -3.56. The van der Waals surface area contributed by atoms with E-state index < -0.39 is 10.0 Å². The van der Waals surface area contributed by atoms with E-state index in [9.17, 15) is 13.2 Å². The molecule has 1 amide bonds. The Bertz CT molecular complexity index is 1440. The van der Waals surface area contributed by atoms with E-state index in [4.69, 9.17) is 0 Å². The highest BCUT2D eigenvalue weighted by Crippen LogP contribution is 2.27. The minimum absolute atomic E-state index is 0.136. The number of amides is 1. The van der Waals surface area contributed by atoms with Gasteiger partial charge in [0.2, 0.25) is 15.9 Å². The maximum absolute atomic E-state index is 12.8. The Morgan fingerprint density at radius 2 is 1.85 bits per heavy atom. The number of benzene rings is 2. The van der Waals surface area contributed by atoms with Gasteiger partial charge >= 0.3 is 0 Å². The Hall–Kier alpha value is -2.82. The van der Waals surface area contributed by atoms with Crippen molar-refractivity contribution >= 4 is 53.6 Å². The predicted octanol–water partition coefficient (Wildman–Crippen LogP) is 4.09. The van der Waals surface area contributed by atoms with Crippen LogP contribution >= 0.6 is 11.3 Å². The summed E-state index contributed by atoms with van der Waals surface area (Å²) in [7, 11) is -1.68. The zero-order chi connectivity index (χ0) is 23.8. The van der Waals surface area contributed by atoms with E-state index in [1.54, 1.807) is 18.2 Å². The number of carbonyl (C=O) groups excluding carboxylic acids is 1. The van der Waals surface area contributed by atoms with Crippen LogP contribution in [0.25, 0.3) is 21.3 Å². The molecule has 0 bridgehead atoms. The lowest BCUT2D eigenvalue weighted by atomic mass is 10.2. The first kappa shape index (κ1) is 23.3. The van der Waals surface area contributed by atoms with E-state index in [2.05, 4.69) is 21.4 Å². The molecule has 0 unspecified atom stereocenters. The van der Waals surface area contributed by atoms with Gasteiger partial charge in [0.05, 0.1) is 26.1 Å². The fraction of sp³-hybridized carbons (Fsp3) is 0.348. The first-order valence-electron chi connectivity index (χ1n) is 10.9. The van der Waals surface area contributed by atoms with Crippen molar-refractivity contribution < 1.29 is 13.2 Å². The number of nitrogens with one attached hydrogen (secondary N) is 1. The summed E-state index contributed by atoms with van der Waals surface area (Å²) >= 11 is 1.45. The maximum atomic E-state index is 12.8. The molecule has 0 atom stereocenters. The monoisotopic (exact) mass is 485 g/mol. The van der Waals surface area contributed by atoms with Crippen LogP contribution in [0.1, 0.15) is 31.7 Å². The summed E-state index contributed by atoms with van der Waals surface area (Å²) in [5.74, 6) is 0.583. The summed E-state index contributed by atoms with van der Waals surface area (Å²) in [6.07, 6.45) is 0.676. The van der Waals surface area contributed by atoms with Crippen LogP contribution in [0, 0.1) is 6.92 Å². The summed E-state index contributed by atoms with van der Waals surface area (Å²) in [5, 5.41) is 3.46. The van der Waals surface area contributed by atoms with Gasteiger partial charge in [-0.3, -0.25) is 4.79 Å². The molecule has 0 saturated carbocycles. The molecule has 4 rings (SSSR count). The summed E-state index contributed by atoms with van der Waals surface area (Å²) in [4.78, 5) is 21.8. The van der Waals surface area contributed by atoms with Gasteiger partial charge in [-0.1, -0.05) is 31.3 Å². The molecule has 4 aromatic rings. The molecule has 10 heteroatoms. The van der Waals surface area contributed by atoms with Gasteiger partial charge in [0.1, 0.15) is 5.82 Å². The van der Waals surface area contributed by atoms with Gasteiger partial charge in [0.25, 0.3) is 0 Å². The Morgan fingerprint density at radius 3 is 2.58 bits per heavy atom. The third-order valence-corrected chi connectivity index (χ3v) is 8.63. The van der Waals surface area contributed by atoms with Gasteiger partial charge in [0.15, 0.2) is 5.13 Å². The zero-order valence-electron chi connectivity index (χ0n) is 19.1. The molecule has 2 heterocycles. The van der Waals surface area contributed by atoms with Gasteiger partial charge in [-0.15, -0.1) is 0 Å². The predicted molar refractivity (Wildman–Crippen MR) is 132 cm³/mol. The number of aromatic nitrogens is 3. The topological polar surface area (TPSA) is 97.2 Å². The van der Waals surface area contributed by atoms with Crippen LogP contribution in [0.15, 0.2) is 41.3 Å². The van der Waals surface area contributed by atoms with E-state index in [1.165, 1.54) is 15.6 Å². The lowest BCUT2D eigenvalue weighted by molar-refractivity contribution is -0.116. The van der Waals surface area contributed by atoms with E-state index in [-0.39, 0.29) is 17.2 Å². The molecule has 174 valence electrons. The first-order valence-corrected chi connectivity index (χ1v) is 13.1. The van der Waals surface area contributed by atoms with Crippen LogP contribution in [0.4, 0.5) is 5.13 Å². The number of aryl methyl sites for hydroxylation is 3. The molecule has 0 spiro atoms. The number of carbonyl (C=O) groups is 1. The number of rotatable bonds is 8. The van der Waals surface area contributed by atoms with Crippen molar-refractivity contribution in [2.24, 2.45) is 7.05 Å². The Balaban J connectivity index is 1.49. The van der Waals surface area contributed by atoms with Crippen molar-refractivity contribution in [2.45, 2.75) is 38.5 Å². The highest BCUT2D eigenvalue weighted by molar-refractivity contribution is 7.89. The summed E-state index contributed by atoms with van der Waals surface area (Å²) in [6.45, 7) is 6.48. The lowest BCUT2D eigenvalue weighted by Gasteiger charge is -2.18. The Kier molecular flexibility index (Phi) is 6.51. The standard InChI is InChI=1S/C23H27N5O3S2/c1-5-28(6-2)33(30,31)16-8-10-19-18(14-16)24-21(27(19)4)11-12-22(29)26-23-25-17-9-7-15(3)13-20(17)32-23/h7-10,13-14H,5-6,11-12H2,1-4H3,(H,25,26,29). The first-order chi connectivity index (χ1) is 15.7. The highest BCUT2D eigenvalue weighted by atomic mass is 32.2.